The van der Waals surface area contributed by atoms with Crippen LogP contribution in [0.5, 0.6) is 0 Å². The van der Waals surface area contributed by atoms with Gasteiger partial charge in [-0.25, -0.2) is 4.90 Å². The number of ketones is 1. The van der Waals surface area contributed by atoms with Crippen molar-refractivity contribution in [3.63, 3.8) is 0 Å². The Balaban J connectivity index is 2.50. The molecule has 0 N–H and O–H groups in total. The third kappa shape index (κ3) is 3.40. The maximum absolute atomic E-state index is 12.6. The Kier molecular flexibility index (Phi) is 4.81. The Morgan fingerprint density at radius 3 is 1.70 bits per heavy atom. The van der Waals surface area contributed by atoms with Crippen molar-refractivity contribution in [2.24, 2.45) is 0 Å². The lowest BCUT2D eigenvalue weighted by molar-refractivity contribution is -0.138. The Labute approximate surface area is 133 Å². The number of benzene rings is 2. The zero-order valence-corrected chi connectivity index (χ0v) is 12.8. The van der Waals surface area contributed by atoms with Gasteiger partial charge in [0.05, 0.1) is 5.56 Å². The lowest BCUT2D eigenvalue weighted by atomic mass is 9.97. The van der Waals surface area contributed by atoms with E-state index in [1.165, 1.54) is 12.1 Å². The van der Waals surface area contributed by atoms with Gasteiger partial charge < -0.3 is 0 Å². The van der Waals surface area contributed by atoms with Gasteiger partial charge in [0, 0.05) is 25.0 Å². The molecule has 5 nitrogen and oxygen atoms in total. The van der Waals surface area contributed by atoms with Crippen molar-refractivity contribution in [1.29, 1.82) is 0 Å². The number of carbonyl (C=O) groups is 4. The van der Waals surface area contributed by atoms with Crippen LogP contribution >= 0.6 is 0 Å². The fraction of sp³-hybridized carbons (Fsp3) is 0.111. The largest absolute Gasteiger partial charge is 0.289 e. The van der Waals surface area contributed by atoms with Gasteiger partial charge in [-0.2, -0.15) is 0 Å². The van der Waals surface area contributed by atoms with Gasteiger partial charge in [0.15, 0.2) is 5.78 Å². The average molecular weight is 309 g/mol. The van der Waals surface area contributed by atoms with Crippen molar-refractivity contribution >= 4 is 23.5 Å². The molecule has 0 spiro atoms. The molecule has 0 saturated heterocycles. The summed E-state index contributed by atoms with van der Waals surface area (Å²) in [5, 5.41) is 0. The van der Waals surface area contributed by atoms with E-state index in [9.17, 15) is 19.2 Å². The second-order valence-electron chi connectivity index (χ2n) is 4.92. The monoisotopic (exact) mass is 309 g/mol. The van der Waals surface area contributed by atoms with E-state index in [-0.39, 0.29) is 16.9 Å². The van der Waals surface area contributed by atoms with E-state index < -0.39 is 17.7 Å². The summed E-state index contributed by atoms with van der Waals surface area (Å²) in [6, 6.07) is 14.6. The van der Waals surface area contributed by atoms with Crippen LogP contribution in [0.1, 0.15) is 40.1 Å². The van der Waals surface area contributed by atoms with Crippen LogP contribution in [0, 0.1) is 0 Å². The van der Waals surface area contributed by atoms with Crippen molar-refractivity contribution in [1.82, 2.24) is 4.90 Å². The van der Waals surface area contributed by atoms with Gasteiger partial charge in [-0.15, -0.1) is 0 Å². The predicted octanol–water partition coefficient (Wildman–Crippen LogP) is 2.45. The summed E-state index contributed by atoms with van der Waals surface area (Å²) in [4.78, 5) is 48.7. The number of rotatable bonds is 3. The van der Waals surface area contributed by atoms with Gasteiger partial charge >= 0.3 is 0 Å². The third-order valence-corrected chi connectivity index (χ3v) is 3.27. The van der Waals surface area contributed by atoms with Crippen LogP contribution in [-0.2, 0) is 9.59 Å². The van der Waals surface area contributed by atoms with Gasteiger partial charge in [-0.1, -0.05) is 48.5 Å². The first-order valence-electron chi connectivity index (χ1n) is 6.98. The Morgan fingerprint density at radius 1 is 0.696 bits per heavy atom. The fourth-order valence-electron chi connectivity index (χ4n) is 2.24. The second-order valence-corrected chi connectivity index (χ2v) is 4.92. The van der Waals surface area contributed by atoms with Crippen molar-refractivity contribution < 1.29 is 19.2 Å². The molecule has 5 heteroatoms. The molecule has 0 aliphatic carbocycles. The van der Waals surface area contributed by atoms with Gasteiger partial charge in [-0.05, 0) is 6.07 Å². The number of imide groups is 3. The molecule has 0 aliphatic rings. The van der Waals surface area contributed by atoms with Crippen molar-refractivity contribution in [2.45, 2.75) is 13.8 Å². The Hall–Kier alpha value is -3.08. The van der Waals surface area contributed by atoms with Gasteiger partial charge in [0.25, 0.3) is 5.91 Å². The highest BCUT2D eigenvalue weighted by Gasteiger charge is 2.27. The van der Waals surface area contributed by atoms with Crippen LogP contribution < -0.4 is 0 Å². The topological polar surface area (TPSA) is 71.5 Å². The van der Waals surface area contributed by atoms with E-state index >= 15 is 0 Å². The van der Waals surface area contributed by atoms with Gasteiger partial charge in [-0.3, -0.25) is 19.2 Å². The van der Waals surface area contributed by atoms with Crippen molar-refractivity contribution in [2.75, 3.05) is 0 Å². The molecule has 0 fully saturated rings. The first-order chi connectivity index (χ1) is 10.9. The van der Waals surface area contributed by atoms with Crippen LogP contribution in [0.15, 0.2) is 54.6 Å². The summed E-state index contributed by atoms with van der Waals surface area (Å²) in [5.41, 5.74) is 0.591. The molecule has 0 unspecified atom stereocenters. The molecule has 0 aliphatic heterocycles. The lowest BCUT2D eigenvalue weighted by Gasteiger charge is -2.17. The number of nitrogens with zero attached hydrogens (tertiary/aromatic N) is 1. The minimum Gasteiger partial charge on any atom is -0.289 e. The van der Waals surface area contributed by atoms with Crippen LogP contribution in [0.4, 0.5) is 0 Å². The maximum Gasteiger partial charge on any atom is 0.268 e. The highest BCUT2D eigenvalue weighted by atomic mass is 16.2. The van der Waals surface area contributed by atoms with E-state index in [0.29, 0.717) is 10.5 Å². The highest BCUT2D eigenvalue weighted by Crippen LogP contribution is 2.17. The standard InChI is InChI=1S/C18H15NO4/c1-12(20)19(13(2)21)18(23)16-11-7-6-10-15(16)17(22)14-8-4-3-5-9-14/h3-11H,1-2H3. The molecule has 0 aromatic heterocycles. The third-order valence-electron chi connectivity index (χ3n) is 3.27. The van der Waals surface area contributed by atoms with Crippen LogP contribution in [0.25, 0.3) is 0 Å². The van der Waals surface area contributed by atoms with Crippen molar-refractivity contribution in [3.05, 3.63) is 71.3 Å². The van der Waals surface area contributed by atoms with E-state index in [2.05, 4.69) is 0 Å². The molecule has 0 radical (unpaired) electrons. The Morgan fingerprint density at radius 2 is 1.17 bits per heavy atom. The zero-order chi connectivity index (χ0) is 17.0. The lowest BCUT2D eigenvalue weighted by Crippen LogP contribution is -2.39. The molecule has 116 valence electrons. The number of hydrogen-bond donors (Lipinski definition) is 0. The van der Waals surface area contributed by atoms with Gasteiger partial charge in [0.2, 0.25) is 11.8 Å². The molecular weight excluding hydrogens is 294 g/mol. The van der Waals surface area contributed by atoms with Crippen molar-refractivity contribution in [3.8, 4) is 0 Å². The van der Waals surface area contributed by atoms with Crippen LogP contribution in [-0.4, -0.2) is 28.4 Å². The summed E-state index contributed by atoms with van der Waals surface area (Å²) in [7, 11) is 0. The van der Waals surface area contributed by atoms with E-state index in [1.807, 2.05) is 0 Å². The smallest absolute Gasteiger partial charge is 0.268 e. The number of carbonyl (C=O) groups excluding carboxylic acids is 4. The normalized spacial score (nSPS) is 10.0. The molecule has 0 bridgehead atoms. The molecule has 23 heavy (non-hydrogen) atoms. The number of amides is 3. The SMILES string of the molecule is CC(=O)N(C(C)=O)C(=O)c1ccccc1C(=O)c1ccccc1. The summed E-state index contributed by atoms with van der Waals surface area (Å²) in [6.45, 7) is 2.25. The molecular formula is C18H15NO4. The molecule has 2 aromatic rings. The quantitative estimate of drug-likeness (QED) is 0.816. The Bertz CT molecular complexity index is 767. The van der Waals surface area contributed by atoms with E-state index in [0.717, 1.165) is 13.8 Å². The molecule has 3 amide bonds. The number of hydrogen-bond acceptors (Lipinski definition) is 4. The summed E-state index contributed by atoms with van der Waals surface area (Å²) in [5.74, 6) is -2.53. The maximum atomic E-state index is 12.6. The first kappa shape index (κ1) is 16.3. The van der Waals surface area contributed by atoms with Crippen LogP contribution in [0.2, 0.25) is 0 Å². The minimum absolute atomic E-state index is 0.0201. The second kappa shape index (κ2) is 6.79. The molecule has 2 rings (SSSR count). The fourth-order valence-corrected chi connectivity index (χ4v) is 2.24. The van der Waals surface area contributed by atoms with Gasteiger partial charge in [0.1, 0.15) is 0 Å². The summed E-state index contributed by atoms with van der Waals surface area (Å²) in [6.07, 6.45) is 0. The average Bonchev–Trinajstić information content (AvgIpc) is 2.54. The minimum atomic E-state index is -0.801. The van der Waals surface area contributed by atoms with E-state index in [4.69, 9.17) is 0 Å². The molecule has 0 heterocycles. The summed E-state index contributed by atoms with van der Waals surface area (Å²) < 4.78 is 0. The summed E-state index contributed by atoms with van der Waals surface area (Å²) >= 11 is 0. The van der Waals surface area contributed by atoms with Crippen LogP contribution in [0.3, 0.4) is 0 Å². The first-order valence-corrected chi connectivity index (χ1v) is 6.98. The van der Waals surface area contributed by atoms with E-state index in [1.54, 1.807) is 42.5 Å². The zero-order valence-electron chi connectivity index (χ0n) is 12.8. The molecule has 0 atom stereocenters. The molecule has 2 aromatic carbocycles. The molecule has 0 saturated carbocycles. The predicted molar refractivity (Wildman–Crippen MR) is 83.8 cm³/mol. The highest BCUT2D eigenvalue weighted by molar-refractivity contribution is 6.21.